The minimum atomic E-state index is 0.981. The van der Waals surface area contributed by atoms with Gasteiger partial charge in [0.05, 0.1) is 0 Å². The zero-order chi connectivity index (χ0) is 13.5. The van der Waals surface area contributed by atoms with Crippen molar-refractivity contribution in [1.82, 2.24) is 9.88 Å². The molecule has 1 heterocycles. The summed E-state index contributed by atoms with van der Waals surface area (Å²) < 4.78 is 2.22. The molecule has 2 nitrogen and oxygen atoms in total. The van der Waals surface area contributed by atoms with Gasteiger partial charge in [-0.15, -0.1) is 0 Å². The summed E-state index contributed by atoms with van der Waals surface area (Å²) in [6.45, 7) is 4.38. The van der Waals surface area contributed by atoms with Crippen molar-refractivity contribution in [3.8, 4) is 0 Å². The zero-order valence-corrected chi connectivity index (χ0v) is 12.3. The molecule has 1 N–H and O–H groups in total. The highest BCUT2D eigenvalue weighted by atomic mass is 14.9. The summed E-state index contributed by atoms with van der Waals surface area (Å²) in [5.74, 6) is 0. The molecule has 0 aliphatic rings. The van der Waals surface area contributed by atoms with Crippen LogP contribution in [0.1, 0.15) is 44.6 Å². The molecule has 0 fully saturated rings. The number of nitrogens with zero attached hydrogens (tertiary/aromatic N) is 1. The van der Waals surface area contributed by atoms with E-state index in [9.17, 15) is 0 Å². The molecular formula is C17H26N2. The normalized spacial score (nSPS) is 11.3. The molecular weight excluding hydrogens is 232 g/mol. The van der Waals surface area contributed by atoms with Gasteiger partial charge in [-0.1, -0.05) is 50.8 Å². The third-order valence-electron chi connectivity index (χ3n) is 3.75. The Bertz CT molecular complexity index is 499. The average Bonchev–Trinajstić information content (AvgIpc) is 2.75. The third-order valence-corrected chi connectivity index (χ3v) is 3.75. The van der Waals surface area contributed by atoms with E-state index in [2.05, 4.69) is 54.3 Å². The lowest BCUT2D eigenvalue weighted by atomic mass is 10.1. The third kappa shape index (κ3) is 3.84. The summed E-state index contributed by atoms with van der Waals surface area (Å²) in [7, 11) is 2.12. The Morgan fingerprint density at radius 2 is 1.84 bits per heavy atom. The lowest BCUT2D eigenvalue weighted by Gasteiger charge is -2.04. The van der Waals surface area contributed by atoms with Crippen molar-refractivity contribution in [3.63, 3.8) is 0 Å². The van der Waals surface area contributed by atoms with Crippen molar-refractivity contribution in [2.45, 2.75) is 45.6 Å². The Hall–Kier alpha value is -1.28. The number of aromatic nitrogens is 1. The number of rotatable bonds is 8. The predicted molar refractivity (Wildman–Crippen MR) is 83.4 cm³/mol. The van der Waals surface area contributed by atoms with E-state index in [1.165, 1.54) is 48.6 Å². The van der Waals surface area contributed by atoms with E-state index in [1.807, 2.05) is 0 Å². The molecule has 0 saturated heterocycles. The van der Waals surface area contributed by atoms with E-state index in [0.717, 1.165) is 13.1 Å². The second-order valence-electron chi connectivity index (χ2n) is 5.37. The SMILES string of the molecule is CCCCCCCNCc1cn(C)c2ccccc12. The van der Waals surface area contributed by atoms with Gasteiger partial charge in [0.15, 0.2) is 0 Å². The van der Waals surface area contributed by atoms with E-state index in [-0.39, 0.29) is 0 Å². The Kier molecular flexibility index (Phi) is 5.46. The monoisotopic (exact) mass is 258 g/mol. The van der Waals surface area contributed by atoms with Gasteiger partial charge in [0.2, 0.25) is 0 Å². The topological polar surface area (TPSA) is 17.0 Å². The minimum absolute atomic E-state index is 0.981. The van der Waals surface area contributed by atoms with Gasteiger partial charge in [-0.25, -0.2) is 0 Å². The van der Waals surface area contributed by atoms with Crippen LogP contribution in [0.3, 0.4) is 0 Å². The maximum atomic E-state index is 3.57. The molecule has 0 saturated carbocycles. The second kappa shape index (κ2) is 7.34. The number of nitrogens with one attached hydrogen (secondary N) is 1. The van der Waals surface area contributed by atoms with E-state index in [0.29, 0.717) is 0 Å². The highest BCUT2D eigenvalue weighted by Gasteiger charge is 2.04. The fourth-order valence-electron chi connectivity index (χ4n) is 2.64. The summed E-state index contributed by atoms with van der Waals surface area (Å²) in [6.07, 6.45) is 8.98. The number of para-hydroxylation sites is 1. The van der Waals surface area contributed by atoms with Crippen LogP contribution in [0.5, 0.6) is 0 Å². The van der Waals surface area contributed by atoms with Crippen LogP contribution in [0.15, 0.2) is 30.5 Å². The maximum absolute atomic E-state index is 3.57. The van der Waals surface area contributed by atoms with Crippen molar-refractivity contribution >= 4 is 10.9 Å². The molecule has 104 valence electrons. The number of fused-ring (bicyclic) bond motifs is 1. The van der Waals surface area contributed by atoms with Crippen LogP contribution in [0.4, 0.5) is 0 Å². The van der Waals surface area contributed by atoms with Crippen LogP contribution >= 0.6 is 0 Å². The van der Waals surface area contributed by atoms with Crippen molar-refractivity contribution < 1.29 is 0 Å². The Labute approximate surface area is 116 Å². The van der Waals surface area contributed by atoms with Crippen LogP contribution in [0, 0.1) is 0 Å². The lowest BCUT2D eigenvalue weighted by molar-refractivity contribution is 0.584. The van der Waals surface area contributed by atoms with Crippen LogP contribution in [-0.4, -0.2) is 11.1 Å². The van der Waals surface area contributed by atoms with Crippen molar-refractivity contribution in [2.75, 3.05) is 6.54 Å². The number of hydrogen-bond acceptors (Lipinski definition) is 1. The number of unbranched alkanes of at least 4 members (excludes halogenated alkanes) is 4. The fraction of sp³-hybridized carbons (Fsp3) is 0.529. The number of aryl methyl sites for hydroxylation is 1. The summed E-state index contributed by atoms with van der Waals surface area (Å²) in [5, 5.41) is 4.95. The molecule has 19 heavy (non-hydrogen) atoms. The van der Waals surface area contributed by atoms with Gasteiger partial charge in [0, 0.05) is 30.7 Å². The first-order valence-electron chi connectivity index (χ1n) is 7.56. The van der Waals surface area contributed by atoms with Gasteiger partial charge in [0.25, 0.3) is 0 Å². The lowest BCUT2D eigenvalue weighted by Crippen LogP contribution is -2.14. The number of hydrogen-bond donors (Lipinski definition) is 1. The van der Waals surface area contributed by atoms with Gasteiger partial charge in [0.1, 0.15) is 0 Å². The summed E-state index contributed by atoms with van der Waals surface area (Å²) in [5.41, 5.74) is 2.73. The molecule has 0 aliphatic carbocycles. The van der Waals surface area contributed by atoms with Crippen LogP contribution in [0.2, 0.25) is 0 Å². The molecule has 0 atom stereocenters. The molecule has 2 aromatic rings. The average molecular weight is 258 g/mol. The van der Waals surface area contributed by atoms with Crippen molar-refractivity contribution in [3.05, 3.63) is 36.0 Å². The Balaban J connectivity index is 1.79. The molecule has 0 bridgehead atoms. The molecule has 0 aliphatic heterocycles. The molecule has 2 rings (SSSR count). The molecule has 1 aromatic carbocycles. The molecule has 2 heteroatoms. The van der Waals surface area contributed by atoms with Crippen LogP contribution < -0.4 is 5.32 Å². The van der Waals surface area contributed by atoms with Gasteiger partial charge >= 0.3 is 0 Å². The van der Waals surface area contributed by atoms with Crippen molar-refractivity contribution in [2.24, 2.45) is 7.05 Å². The Morgan fingerprint density at radius 3 is 2.68 bits per heavy atom. The number of benzene rings is 1. The molecule has 1 aromatic heterocycles. The molecule has 0 radical (unpaired) electrons. The minimum Gasteiger partial charge on any atom is -0.350 e. The van der Waals surface area contributed by atoms with E-state index < -0.39 is 0 Å². The van der Waals surface area contributed by atoms with Crippen molar-refractivity contribution in [1.29, 1.82) is 0 Å². The van der Waals surface area contributed by atoms with Gasteiger partial charge < -0.3 is 9.88 Å². The molecule has 0 unspecified atom stereocenters. The summed E-state index contributed by atoms with van der Waals surface area (Å²) in [4.78, 5) is 0. The van der Waals surface area contributed by atoms with E-state index >= 15 is 0 Å². The molecule has 0 spiro atoms. The summed E-state index contributed by atoms with van der Waals surface area (Å²) >= 11 is 0. The second-order valence-corrected chi connectivity index (χ2v) is 5.37. The highest BCUT2D eigenvalue weighted by molar-refractivity contribution is 5.83. The fourth-order valence-corrected chi connectivity index (χ4v) is 2.64. The highest BCUT2D eigenvalue weighted by Crippen LogP contribution is 2.19. The largest absolute Gasteiger partial charge is 0.350 e. The molecule has 0 amide bonds. The first-order chi connectivity index (χ1) is 9.33. The smallest absolute Gasteiger partial charge is 0.0481 e. The standard InChI is InChI=1S/C17H26N2/c1-3-4-5-6-9-12-18-13-15-14-19(2)17-11-8-7-10-16(15)17/h7-8,10-11,14,18H,3-6,9,12-13H2,1-2H3. The maximum Gasteiger partial charge on any atom is 0.0481 e. The van der Waals surface area contributed by atoms with Gasteiger partial charge in [-0.3, -0.25) is 0 Å². The van der Waals surface area contributed by atoms with Crippen LogP contribution in [-0.2, 0) is 13.6 Å². The zero-order valence-electron chi connectivity index (χ0n) is 12.3. The predicted octanol–water partition coefficient (Wildman–Crippen LogP) is 4.24. The summed E-state index contributed by atoms with van der Waals surface area (Å²) in [6, 6.07) is 8.63. The van der Waals surface area contributed by atoms with Gasteiger partial charge in [-0.2, -0.15) is 0 Å². The quantitative estimate of drug-likeness (QED) is 0.701. The first kappa shape index (κ1) is 14.1. The van der Waals surface area contributed by atoms with Crippen LogP contribution in [0.25, 0.3) is 10.9 Å². The van der Waals surface area contributed by atoms with E-state index in [4.69, 9.17) is 0 Å². The Morgan fingerprint density at radius 1 is 1.05 bits per heavy atom. The van der Waals surface area contributed by atoms with E-state index in [1.54, 1.807) is 0 Å². The van der Waals surface area contributed by atoms with Gasteiger partial charge in [-0.05, 0) is 24.6 Å². The first-order valence-corrected chi connectivity index (χ1v) is 7.56.